The second-order valence-electron chi connectivity index (χ2n) is 0.247. The Balaban J connectivity index is 0. The van der Waals surface area contributed by atoms with Crippen LogP contribution in [0.3, 0.4) is 0 Å². The third kappa shape index (κ3) is 8.93. The molecular formula is C2FeKN2. The molecule has 0 aliphatic heterocycles. The molecule has 0 aromatic rings. The Morgan fingerprint density at radius 2 is 1.50 bits per heavy atom. The van der Waals surface area contributed by atoms with Crippen molar-refractivity contribution in [1.82, 2.24) is 0 Å². The van der Waals surface area contributed by atoms with Gasteiger partial charge >= 0.3 is 35.4 Å². The van der Waals surface area contributed by atoms with Crippen LogP contribution in [0.1, 0.15) is 0 Å². The quantitative estimate of drug-likeness (QED) is 0.439. The van der Waals surface area contributed by atoms with E-state index >= 15 is 0 Å². The third-order valence-corrected chi connectivity index (χ3v) is 0.326. The first kappa shape index (κ1) is 10.2. The van der Waals surface area contributed by atoms with Crippen LogP contribution < -0.4 is 0 Å². The number of hydrogen-bond donors (Lipinski definition) is 0. The predicted octanol–water partition coefficient (Wildman–Crippen LogP) is -0.350. The zero-order chi connectivity index (χ0) is 4.12. The van der Waals surface area contributed by atoms with Crippen LogP contribution >= 0.6 is 0 Å². The van der Waals surface area contributed by atoms with Gasteiger partial charge in [-0.05, 0) is 0 Å². The number of nitriles is 2. The van der Waals surface area contributed by atoms with Crippen LogP contribution in [-0.2, 0) is 15.0 Å². The minimum atomic E-state index is 0. The zero-order valence-electron chi connectivity index (χ0n) is 3.25. The van der Waals surface area contributed by atoms with E-state index in [0.717, 1.165) is 0 Å². The van der Waals surface area contributed by atoms with E-state index in [2.05, 4.69) is 0 Å². The Labute approximate surface area is 85.1 Å². The predicted molar refractivity (Wildman–Crippen MR) is 17.0 cm³/mol. The minimum absolute atomic E-state index is 0. The molecular weight excluding hydrogens is 147 g/mol. The van der Waals surface area contributed by atoms with Crippen LogP contribution in [0.5, 0.6) is 0 Å². The summed E-state index contributed by atoms with van der Waals surface area (Å²) in [6.07, 6.45) is 0. The van der Waals surface area contributed by atoms with Crippen molar-refractivity contribution in [3.05, 3.63) is 0 Å². The monoisotopic (exact) mass is 147 g/mol. The maximum atomic E-state index is 7.59. The van der Waals surface area contributed by atoms with Crippen molar-refractivity contribution >= 4 is 51.4 Å². The Morgan fingerprint density at radius 1 is 1.17 bits per heavy atom. The Morgan fingerprint density at radius 3 is 1.50 bits per heavy atom. The summed E-state index contributed by atoms with van der Waals surface area (Å²) in [4.78, 5) is 3.31. The van der Waals surface area contributed by atoms with Gasteiger partial charge in [0.1, 0.15) is 0 Å². The molecule has 0 unspecified atom stereocenters. The normalized spacial score (nSPS) is 4.33. The van der Waals surface area contributed by atoms with Crippen molar-refractivity contribution in [3.8, 4) is 9.94 Å². The van der Waals surface area contributed by atoms with Crippen molar-refractivity contribution in [1.29, 1.82) is 10.5 Å². The molecule has 0 bridgehead atoms. The van der Waals surface area contributed by atoms with Gasteiger partial charge in [-0.25, -0.2) is 0 Å². The van der Waals surface area contributed by atoms with Gasteiger partial charge in [0.15, 0.2) is 0 Å². The van der Waals surface area contributed by atoms with Gasteiger partial charge in [-0.1, -0.05) is 0 Å². The smallest absolute Gasteiger partial charge is 0 e. The summed E-state index contributed by atoms with van der Waals surface area (Å²) in [6, 6.07) is 0. The third-order valence-electron chi connectivity index (χ3n) is 0.0791. The van der Waals surface area contributed by atoms with E-state index in [1.165, 1.54) is 0 Å². The van der Waals surface area contributed by atoms with E-state index in [1.54, 1.807) is 9.94 Å². The first-order chi connectivity index (χ1) is 2.41. The molecule has 1 radical (unpaired) electrons. The molecule has 0 amide bonds. The molecule has 0 atom stereocenters. The van der Waals surface area contributed by atoms with Crippen LogP contribution in [0.2, 0.25) is 0 Å². The average molecular weight is 147 g/mol. The Kier molecular flexibility index (Phi) is 16.1. The second-order valence-corrected chi connectivity index (χ2v) is 1.02. The van der Waals surface area contributed by atoms with E-state index in [4.69, 9.17) is 10.5 Å². The van der Waals surface area contributed by atoms with Crippen molar-refractivity contribution in [2.45, 2.75) is 0 Å². The standard InChI is InChI=1S/2CN.Fe.K/c2*1-2;;. The van der Waals surface area contributed by atoms with Gasteiger partial charge < -0.3 is 0 Å². The van der Waals surface area contributed by atoms with Crippen molar-refractivity contribution in [2.24, 2.45) is 0 Å². The first-order valence-corrected chi connectivity index (χ1v) is 1.90. The van der Waals surface area contributed by atoms with Gasteiger partial charge in [0.2, 0.25) is 0 Å². The summed E-state index contributed by atoms with van der Waals surface area (Å²) in [5.74, 6) is 0. The van der Waals surface area contributed by atoms with Gasteiger partial charge in [0.05, 0.1) is 0 Å². The van der Waals surface area contributed by atoms with Gasteiger partial charge in [0.25, 0.3) is 0 Å². The second kappa shape index (κ2) is 9.46. The molecule has 2 nitrogen and oxygen atoms in total. The zero-order valence-corrected chi connectivity index (χ0v) is 7.48. The molecule has 0 rings (SSSR count). The SMILES string of the molecule is N#[C][Fe][C]#N.[K]. The molecule has 0 aromatic carbocycles. The molecule has 0 saturated carbocycles. The first-order valence-electron chi connectivity index (χ1n) is 0.801. The van der Waals surface area contributed by atoms with Crippen LogP contribution in [0, 0.1) is 20.5 Å². The summed E-state index contributed by atoms with van der Waals surface area (Å²) in [6.45, 7) is 0. The van der Waals surface area contributed by atoms with Crippen LogP contribution in [0.15, 0.2) is 0 Å². The summed E-state index contributed by atoms with van der Waals surface area (Å²) < 4.78 is 0. The van der Waals surface area contributed by atoms with Gasteiger partial charge in [-0.15, -0.1) is 0 Å². The number of rotatable bonds is 0. The molecule has 0 aromatic heterocycles. The molecule has 0 saturated heterocycles. The van der Waals surface area contributed by atoms with Crippen LogP contribution in [-0.4, -0.2) is 51.4 Å². The summed E-state index contributed by atoms with van der Waals surface area (Å²) in [5, 5.41) is 15.2. The molecule has 6 heavy (non-hydrogen) atoms. The molecule has 27 valence electrons. The summed E-state index contributed by atoms with van der Waals surface area (Å²) in [5.41, 5.74) is 0. The number of nitrogens with zero attached hydrogens (tertiary/aromatic N) is 2. The van der Waals surface area contributed by atoms with Crippen LogP contribution in [0.4, 0.5) is 0 Å². The Hall–Kier alpha value is 1.14. The minimum Gasteiger partial charge on any atom is 0 e. The maximum Gasteiger partial charge on any atom is 0 e. The maximum absolute atomic E-state index is 7.59. The molecule has 0 aliphatic carbocycles. The molecule has 0 spiro atoms. The van der Waals surface area contributed by atoms with Gasteiger partial charge in [0, 0.05) is 51.4 Å². The Bertz CT molecular complexity index is 76.7. The largest absolute Gasteiger partial charge is 0 e. The topological polar surface area (TPSA) is 47.6 Å². The average Bonchev–Trinajstić information content (AvgIpc) is 1.41. The molecule has 0 aliphatic rings. The summed E-state index contributed by atoms with van der Waals surface area (Å²) in [7, 11) is 0. The fourth-order valence-electron chi connectivity index (χ4n) is 0.0177. The van der Waals surface area contributed by atoms with Gasteiger partial charge in [-0.3, -0.25) is 0 Å². The molecule has 0 heterocycles. The van der Waals surface area contributed by atoms with Gasteiger partial charge in [-0.2, -0.15) is 0 Å². The number of hydrogen-bond acceptors (Lipinski definition) is 2. The van der Waals surface area contributed by atoms with Crippen molar-refractivity contribution in [2.75, 3.05) is 0 Å². The van der Waals surface area contributed by atoms with Crippen molar-refractivity contribution < 1.29 is 15.0 Å². The fourth-order valence-corrected chi connectivity index (χ4v) is 0.0729. The molecule has 0 N–H and O–H groups in total. The van der Waals surface area contributed by atoms with Crippen LogP contribution in [0.25, 0.3) is 0 Å². The van der Waals surface area contributed by atoms with E-state index in [9.17, 15) is 0 Å². The molecule has 0 fully saturated rings. The summed E-state index contributed by atoms with van der Waals surface area (Å²) >= 11 is 0. The van der Waals surface area contributed by atoms with E-state index in [0.29, 0.717) is 0 Å². The van der Waals surface area contributed by atoms with E-state index in [1.807, 2.05) is 0 Å². The fraction of sp³-hybridized carbons (Fsp3) is 0. The van der Waals surface area contributed by atoms with E-state index in [-0.39, 0.29) is 66.3 Å². The van der Waals surface area contributed by atoms with Crippen molar-refractivity contribution in [3.63, 3.8) is 0 Å². The van der Waals surface area contributed by atoms with E-state index < -0.39 is 0 Å². The molecule has 4 heteroatoms.